The second kappa shape index (κ2) is 15.2. The Morgan fingerprint density at radius 3 is 2.27 bits per heavy atom. The number of halogens is 3. The fourth-order valence-electron chi connectivity index (χ4n) is 3.72. The number of nitrogens with one attached hydrogen (secondary N) is 4. The minimum absolute atomic E-state index is 0.00731. The van der Waals surface area contributed by atoms with Crippen LogP contribution < -0.4 is 36.1 Å². The molecule has 3 rings (SSSR count). The number of rotatable bonds is 13. The van der Waals surface area contributed by atoms with E-state index in [-0.39, 0.29) is 35.8 Å². The third kappa shape index (κ3) is 9.09. The van der Waals surface area contributed by atoms with Gasteiger partial charge in [-0.25, -0.2) is 4.79 Å². The van der Waals surface area contributed by atoms with Crippen LogP contribution in [0.1, 0.15) is 34.5 Å². The lowest BCUT2D eigenvalue weighted by atomic mass is 10.0. The number of amidine groups is 1. The number of esters is 1. The maximum absolute atomic E-state index is 13.5. The summed E-state index contributed by atoms with van der Waals surface area (Å²) < 4.78 is 59.6. The smallest absolute Gasteiger partial charge is 0.490 e. The molecule has 12 nitrogen and oxygen atoms in total. The molecule has 15 heteroatoms. The van der Waals surface area contributed by atoms with Crippen molar-refractivity contribution in [3.8, 4) is 17.2 Å². The molecule has 0 aliphatic heterocycles. The lowest BCUT2D eigenvalue weighted by Crippen LogP contribution is -2.45. The first-order valence-corrected chi connectivity index (χ1v) is 13.0. The molecule has 0 aromatic heterocycles. The number of benzene rings is 3. The number of hydrazine groups is 1. The normalized spacial score (nSPS) is 11.6. The van der Waals surface area contributed by atoms with Gasteiger partial charge in [0.25, 0.3) is 11.8 Å². The number of ether oxygens (including phenoxy) is 4. The van der Waals surface area contributed by atoms with Gasteiger partial charge in [0, 0.05) is 24.4 Å². The number of nitrogen functional groups attached to an aromatic ring is 1. The van der Waals surface area contributed by atoms with E-state index < -0.39 is 41.6 Å². The van der Waals surface area contributed by atoms with Crippen LogP contribution in [0.25, 0.3) is 0 Å². The highest BCUT2D eigenvalue weighted by molar-refractivity contribution is 5.99. The largest absolute Gasteiger partial charge is 0.491 e. The summed E-state index contributed by atoms with van der Waals surface area (Å²) in [5, 5.41) is 10.5. The molecule has 234 valence electrons. The summed E-state index contributed by atoms with van der Waals surface area (Å²) in [7, 11) is 1.51. The summed E-state index contributed by atoms with van der Waals surface area (Å²) in [5.74, 6) is -4.61. The zero-order chi connectivity index (χ0) is 32.3. The Morgan fingerprint density at radius 2 is 1.64 bits per heavy atom. The molecular weight excluding hydrogens is 587 g/mol. The van der Waals surface area contributed by atoms with Gasteiger partial charge in [0.05, 0.1) is 18.8 Å². The number of carbonyl (C=O) groups excluding carboxylic acids is 3. The molecule has 0 fully saturated rings. The molecule has 0 bridgehead atoms. The highest BCUT2D eigenvalue weighted by atomic mass is 19.4. The van der Waals surface area contributed by atoms with Crippen molar-refractivity contribution in [2.24, 2.45) is 5.73 Å². The fourth-order valence-corrected chi connectivity index (χ4v) is 3.72. The zero-order valence-corrected chi connectivity index (χ0v) is 23.6. The number of anilines is 1. The van der Waals surface area contributed by atoms with E-state index in [1.807, 2.05) is 0 Å². The first kappa shape index (κ1) is 33.2. The van der Waals surface area contributed by atoms with Crippen LogP contribution in [-0.2, 0) is 14.3 Å². The third-order valence-corrected chi connectivity index (χ3v) is 5.76. The monoisotopic (exact) mass is 617 g/mol. The van der Waals surface area contributed by atoms with Gasteiger partial charge in [0.2, 0.25) is 0 Å². The van der Waals surface area contributed by atoms with Gasteiger partial charge in [-0.3, -0.25) is 25.8 Å². The van der Waals surface area contributed by atoms with E-state index in [9.17, 15) is 27.6 Å². The summed E-state index contributed by atoms with van der Waals surface area (Å²) in [6.45, 7) is 2.51. The third-order valence-electron chi connectivity index (χ3n) is 5.76. The quantitative estimate of drug-likeness (QED) is 0.0481. The predicted octanol–water partition coefficient (Wildman–Crippen LogP) is 3.48. The Hall–Kier alpha value is -5.31. The van der Waals surface area contributed by atoms with E-state index in [1.165, 1.54) is 37.4 Å². The van der Waals surface area contributed by atoms with E-state index >= 15 is 0 Å². The van der Waals surface area contributed by atoms with Crippen molar-refractivity contribution in [2.45, 2.75) is 19.1 Å². The van der Waals surface area contributed by atoms with Crippen LogP contribution in [0.3, 0.4) is 0 Å². The Kier molecular flexibility index (Phi) is 11.5. The van der Waals surface area contributed by atoms with Crippen LogP contribution in [0.2, 0.25) is 0 Å². The van der Waals surface area contributed by atoms with Crippen molar-refractivity contribution in [3.63, 3.8) is 0 Å². The molecular formula is C29H30F3N5O7. The number of alkyl halides is 3. The van der Waals surface area contributed by atoms with E-state index in [0.29, 0.717) is 17.9 Å². The van der Waals surface area contributed by atoms with Crippen LogP contribution in [0.5, 0.6) is 17.2 Å². The number of nitrogens with two attached hydrogens (primary N) is 1. The number of carbonyl (C=O) groups is 3. The lowest BCUT2D eigenvalue weighted by Gasteiger charge is -2.22. The van der Waals surface area contributed by atoms with Gasteiger partial charge in [-0.05, 0) is 48.9 Å². The molecule has 0 aliphatic carbocycles. The van der Waals surface area contributed by atoms with E-state index in [4.69, 9.17) is 25.4 Å². The Morgan fingerprint density at radius 1 is 0.909 bits per heavy atom. The number of amides is 2. The molecule has 0 aliphatic rings. The van der Waals surface area contributed by atoms with E-state index in [0.717, 1.165) is 12.1 Å². The van der Waals surface area contributed by atoms with Crippen molar-refractivity contribution in [1.82, 2.24) is 10.9 Å². The van der Waals surface area contributed by atoms with Gasteiger partial charge in [-0.2, -0.15) is 13.2 Å². The zero-order valence-electron chi connectivity index (χ0n) is 23.6. The summed E-state index contributed by atoms with van der Waals surface area (Å²) in [4.78, 5) is 37.5. The van der Waals surface area contributed by atoms with Crippen molar-refractivity contribution in [3.05, 3.63) is 83.4 Å². The second-order valence-electron chi connectivity index (χ2n) is 8.88. The van der Waals surface area contributed by atoms with Crippen molar-refractivity contribution >= 4 is 29.3 Å². The minimum Gasteiger partial charge on any atom is -0.490 e. The SMILES string of the molecule is CCOc1cc(C(Nc2ccc(C(=N)N)c(OC(=O)C(F)(F)F)c2)C(=O)NNC(=O)c2ccccc2)ccc1OCCOC. The summed E-state index contributed by atoms with van der Waals surface area (Å²) >= 11 is 0. The van der Waals surface area contributed by atoms with Crippen molar-refractivity contribution in [2.75, 3.05) is 32.2 Å². The molecule has 2 amide bonds. The number of hydrogen-bond acceptors (Lipinski definition) is 9. The molecule has 0 saturated carbocycles. The number of methoxy groups -OCH3 is 1. The predicted molar refractivity (Wildman–Crippen MR) is 153 cm³/mol. The maximum Gasteiger partial charge on any atom is 0.491 e. The lowest BCUT2D eigenvalue weighted by molar-refractivity contribution is -0.189. The van der Waals surface area contributed by atoms with Gasteiger partial charge in [-0.1, -0.05) is 24.3 Å². The highest BCUT2D eigenvalue weighted by Gasteiger charge is 2.42. The van der Waals surface area contributed by atoms with Crippen LogP contribution in [0, 0.1) is 5.41 Å². The molecule has 3 aromatic carbocycles. The molecule has 0 radical (unpaired) electrons. The first-order chi connectivity index (χ1) is 20.9. The van der Waals surface area contributed by atoms with Crippen LogP contribution >= 0.6 is 0 Å². The van der Waals surface area contributed by atoms with Crippen LogP contribution in [-0.4, -0.2) is 56.7 Å². The van der Waals surface area contributed by atoms with Crippen LogP contribution in [0.4, 0.5) is 18.9 Å². The average Bonchev–Trinajstić information content (AvgIpc) is 2.99. The Balaban J connectivity index is 1.98. The van der Waals surface area contributed by atoms with Gasteiger partial charge in [0.1, 0.15) is 24.2 Å². The summed E-state index contributed by atoms with van der Waals surface area (Å²) in [5.41, 5.74) is 10.4. The molecule has 0 saturated heterocycles. The highest BCUT2D eigenvalue weighted by Crippen LogP contribution is 2.33. The summed E-state index contributed by atoms with van der Waals surface area (Å²) in [6, 6.07) is 14.8. The topological polar surface area (TPSA) is 174 Å². The average molecular weight is 618 g/mol. The fraction of sp³-hybridized carbons (Fsp3) is 0.241. The molecule has 1 atom stereocenters. The van der Waals surface area contributed by atoms with Gasteiger partial charge in [-0.15, -0.1) is 0 Å². The van der Waals surface area contributed by atoms with Gasteiger partial charge >= 0.3 is 12.1 Å². The Labute approximate surface area is 250 Å². The van der Waals surface area contributed by atoms with Crippen LogP contribution in [0.15, 0.2) is 66.7 Å². The molecule has 0 heterocycles. The van der Waals surface area contributed by atoms with E-state index in [1.54, 1.807) is 31.2 Å². The van der Waals surface area contributed by atoms with E-state index in [2.05, 4.69) is 20.9 Å². The number of hydrogen-bond donors (Lipinski definition) is 5. The molecule has 6 N–H and O–H groups in total. The minimum atomic E-state index is -5.32. The first-order valence-electron chi connectivity index (χ1n) is 13.0. The maximum atomic E-state index is 13.5. The molecule has 44 heavy (non-hydrogen) atoms. The molecule has 1 unspecified atom stereocenters. The second-order valence-corrected chi connectivity index (χ2v) is 8.88. The molecule has 3 aromatic rings. The Bertz CT molecular complexity index is 1490. The standard InChI is InChI=1S/C29H30F3N5O7/c1-3-42-23-15-18(9-12-21(23)43-14-13-41-2)24(27(39)37-36-26(38)17-7-5-4-6-8-17)35-19-10-11-20(25(33)34)22(16-19)44-28(40)29(30,31)32/h4-12,15-16,24,35H,3,13-14H2,1-2H3,(H3,33,34)(H,36,38)(H,37,39). The van der Waals surface area contributed by atoms with Crippen molar-refractivity contribution in [1.29, 1.82) is 5.41 Å². The summed E-state index contributed by atoms with van der Waals surface area (Å²) in [6.07, 6.45) is -5.32. The molecule has 0 spiro atoms. The van der Waals surface area contributed by atoms with Crippen molar-refractivity contribution < 1.29 is 46.5 Å². The van der Waals surface area contributed by atoms with Gasteiger partial charge < -0.3 is 30.0 Å². The van der Waals surface area contributed by atoms with Gasteiger partial charge in [0.15, 0.2) is 11.5 Å².